The molecule has 9 nitrogen and oxygen atoms in total. The van der Waals surface area contributed by atoms with E-state index in [1.54, 1.807) is 0 Å². The fourth-order valence-electron chi connectivity index (χ4n) is 2.22. The molecule has 114 valence electrons. The van der Waals surface area contributed by atoms with Crippen molar-refractivity contribution in [3.63, 3.8) is 0 Å². The number of hydrogen-bond acceptors (Lipinski definition) is 6. The quantitative estimate of drug-likeness (QED) is 0.312. The molecule has 0 aromatic heterocycles. The van der Waals surface area contributed by atoms with Gasteiger partial charge < -0.3 is 31.7 Å². The van der Waals surface area contributed by atoms with Gasteiger partial charge in [0.1, 0.15) is 11.7 Å². The second-order valence-corrected chi connectivity index (χ2v) is 4.95. The Labute approximate surface area is 115 Å². The minimum Gasteiger partial charge on any atom is -0.390 e. The molecule has 0 aliphatic heterocycles. The smallest absolute Gasteiger partial charge is 0.252 e. The first-order valence-corrected chi connectivity index (χ1v) is 6.08. The maximum atomic E-state index is 11.8. The molecule has 0 radical (unpaired) electrons. The number of rotatable bonds is 4. The molecule has 0 unspecified atom stereocenters. The van der Waals surface area contributed by atoms with E-state index in [0.717, 1.165) is 0 Å². The fraction of sp³-hybridized carbons (Fsp3) is 0.727. The number of aliphatic hydroxyl groups is 3. The summed E-state index contributed by atoms with van der Waals surface area (Å²) in [6, 6.07) is -0.972. The summed E-state index contributed by atoms with van der Waals surface area (Å²) in [5.41, 5.74) is 2.88. The summed E-state index contributed by atoms with van der Waals surface area (Å²) in [6.07, 6.45) is -3.36. The normalized spacial score (nSPS) is 33.3. The second kappa shape index (κ2) is 6.16. The number of primary amides is 1. The van der Waals surface area contributed by atoms with Crippen molar-refractivity contribution < 1.29 is 29.7 Å². The zero-order chi connectivity index (χ0) is 15.5. The van der Waals surface area contributed by atoms with Gasteiger partial charge in [-0.25, -0.2) is 0 Å². The van der Waals surface area contributed by atoms with E-state index in [1.165, 1.54) is 6.92 Å². The van der Waals surface area contributed by atoms with Crippen molar-refractivity contribution in [1.29, 1.82) is 0 Å². The van der Waals surface area contributed by atoms with Crippen molar-refractivity contribution in [2.24, 2.45) is 5.73 Å². The SMILES string of the molecule is CC(=O)N[C@H]1C[C@@](O)(C(=O)NCC(N)=O)C[C@@H](O)[C@@H]1O. The first-order valence-electron chi connectivity index (χ1n) is 6.08. The van der Waals surface area contributed by atoms with Crippen LogP contribution in [-0.2, 0) is 14.4 Å². The lowest BCUT2D eigenvalue weighted by molar-refractivity contribution is -0.159. The van der Waals surface area contributed by atoms with Gasteiger partial charge in [-0.3, -0.25) is 14.4 Å². The Bertz CT molecular complexity index is 415. The Hall–Kier alpha value is -1.71. The molecule has 0 heterocycles. The van der Waals surface area contributed by atoms with Crippen molar-refractivity contribution >= 4 is 17.7 Å². The lowest BCUT2D eigenvalue weighted by Gasteiger charge is -2.41. The third kappa shape index (κ3) is 3.89. The highest BCUT2D eigenvalue weighted by Gasteiger charge is 2.48. The van der Waals surface area contributed by atoms with Crippen LogP contribution in [0.15, 0.2) is 0 Å². The number of carbonyl (C=O) groups is 3. The van der Waals surface area contributed by atoms with E-state index < -0.39 is 54.5 Å². The van der Waals surface area contributed by atoms with Crippen LogP contribution in [0.1, 0.15) is 19.8 Å². The van der Waals surface area contributed by atoms with Crippen LogP contribution >= 0.6 is 0 Å². The Morgan fingerprint density at radius 1 is 1.30 bits per heavy atom. The summed E-state index contributed by atoms with van der Waals surface area (Å²) in [6.45, 7) is 0.754. The Kier molecular flexibility index (Phi) is 5.03. The molecule has 0 aromatic rings. The predicted molar refractivity (Wildman–Crippen MR) is 66.0 cm³/mol. The molecule has 1 rings (SSSR count). The minimum atomic E-state index is -2.00. The Morgan fingerprint density at radius 3 is 2.40 bits per heavy atom. The molecule has 9 heteroatoms. The van der Waals surface area contributed by atoms with Gasteiger partial charge >= 0.3 is 0 Å². The van der Waals surface area contributed by atoms with E-state index in [4.69, 9.17) is 5.73 Å². The standard InChI is InChI=1S/C11H19N3O6/c1-5(15)14-6-2-11(20,3-7(16)9(6)18)10(19)13-4-8(12)17/h6-7,9,16,18,20H,2-4H2,1H3,(H2,12,17)(H,13,19)(H,14,15)/t6-,7+,9+,11-/m0/s1. The van der Waals surface area contributed by atoms with Crippen LogP contribution in [0.3, 0.4) is 0 Å². The van der Waals surface area contributed by atoms with E-state index in [1.807, 2.05) is 0 Å². The van der Waals surface area contributed by atoms with Gasteiger partial charge in [-0.1, -0.05) is 0 Å². The second-order valence-electron chi connectivity index (χ2n) is 4.95. The summed E-state index contributed by atoms with van der Waals surface area (Å²) >= 11 is 0. The van der Waals surface area contributed by atoms with Crippen molar-refractivity contribution in [2.45, 2.75) is 43.6 Å². The molecule has 3 amide bonds. The van der Waals surface area contributed by atoms with Crippen LogP contribution in [0, 0.1) is 0 Å². The third-order valence-electron chi connectivity index (χ3n) is 3.15. The van der Waals surface area contributed by atoms with E-state index in [2.05, 4.69) is 10.6 Å². The molecule has 20 heavy (non-hydrogen) atoms. The van der Waals surface area contributed by atoms with E-state index >= 15 is 0 Å². The van der Waals surface area contributed by atoms with Gasteiger partial charge in [-0.05, 0) is 0 Å². The maximum Gasteiger partial charge on any atom is 0.252 e. The van der Waals surface area contributed by atoms with E-state index in [9.17, 15) is 29.7 Å². The maximum absolute atomic E-state index is 11.8. The zero-order valence-corrected chi connectivity index (χ0v) is 11.0. The molecular formula is C11H19N3O6. The van der Waals surface area contributed by atoms with Crippen molar-refractivity contribution in [3.05, 3.63) is 0 Å². The molecule has 7 N–H and O–H groups in total. The first-order chi connectivity index (χ1) is 9.15. The Morgan fingerprint density at radius 2 is 1.90 bits per heavy atom. The largest absolute Gasteiger partial charge is 0.390 e. The monoisotopic (exact) mass is 289 g/mol. The molecule has 0 saturated heterocycles. The molecule has 0 aromatic carbocycles. The van der Waals surface area contributed by atoms with Crippen LogP contribution < -0.4 is 16.4 Å². The summed E-state index contributed by atoms with van der Waals surface area (Å²) in [5, 5.41) is 34.2. The van der Waals surface area contributed by atoms with Gasteiger partial charge in [0, 0.05) is 19.8 Å². The van der Waals surface area contributed by atoms with Crippen LogP contribution in [0.4, 0.5) is 0 Å². The van der Waals surface area contributed by atoms with Crippen LogP contribution in [0.2, 0.25) is 0 Å². The average Bonchev–Trinajstić information content (AvgIpc) is 2.31. The van der Waals surface area contributed by atoms with Crippen LogP contribution in [-0.4, -0.2) is 63.4 Å². The summed E-state index contributed by atoms with van der Waals surface area (Å²) in [7, 11) is 0. The van der Waals surface area contributed by atoms with Crippen molar-refractivity contribution in [3.8, 4) is 0 Å². The van der Waals surface area contributed by atoms with Gasteiger partial charge in [-0.2, -0.15) is 0 Å². The van der Waals surface area contributed by atoms with Gasteiger partial charge in [-0.15, -0.1) is 0 Å². The first kappa shape index (κ1) is 16.3. The van der Waals surface area contributed by atoms with Gasteiger partial charge in [0.05, 0.1) is 18.7 Å². The molecule has 0 bridgehead atoms. The lowest BCUT2D eigenvalue weighted by atomic mass is 9.77. The summed E-state index contributed by atoms with van der Waals surface area (Å²) in [4.78, 5) is 33.4. The number of hydrogen-bond donors (Lipinski definition) is 6. The molecular weight excluding hydrogens is 270 g/mol. The van der Waals surface area contributed by atoms with E-state index in [0.29, 0.717) is 0 Å². The zero-order valence-electron chi connectivity index (χ0n) is 11.0. The van der Waals surface area contributed by atoms with Crippen molar-refractivity contribution in [1.82, 2.24) is 10.6 Å². The lowest BCUT2D eigenvalue weighted by Crippen LogP contribution is -2.63. The number of nitrogens with two attached hydrogens (primary N) is 1. The summed E-state index contributed by atoms with van der Waals surface area (Å²) < 4.78 is 0. The number of nitrogens with one attached hydrogen (secondary N) is 2. The molecule has 1 aliphatic rings. The predicted octanol–water partition coefficient (Wildman–Crippen LogP) is -3.66. The molecule has 1 aliphatic carbocycles. The highest BCUT2D eigenvalue weighted by atomic mass is 16.3. The summed E-state index contributed by atoms with van der Waals surface area (Å²) in [5.74, 6) is -2.14. The number of aliphatic hydroxyl groups excluding tert-OH is 2. The minimum absolute atomic E-state index is 0.282. The van der Waals surface area contributed by atoms with Gasteiger partial charge in [0.15, 0.2) is 0 Å². The van der Waals surface area contributed by atoms with Crippen molar-refractivity contribution in [2.75, 3.05) is 6.54 Å². The number of amides is 3. The topological polar surface area (TPSA) is 162 Å². The van der Waals surface area contributed by atoms with Crippen LogP contribution in [0.25, 0.3) is 0 Å². The van der Waals surface area contributed by atoms with Gasteiger partial charge in [0.2, 0.25) is 11.8 Å². The van der Waals surface area contributed by atoms with E-state index in [-0.39, 0.29) is 6.42 Å². The number of carbonyl (C=O) groups excluding carboxylic acids is 3. The molecule has 4 atom stereocenters. The fourth-order valence-corrected chi connectivity index (χ4v) is 2.22. The molecule has 1 fully saturated rings. The van der Waals surface area contributed by atoms with Gasteiger partial charge in [0.25, 0.3) is 5.91 Å². The third-order valence-corrected chi connectivity index (χ3v) is 3.15. The Balaban J connectivity index is 2.80. The highest BCUT2D eigenvalue weighted by Crippen LogP contribution is 2.29. The van der Waals surface area contributed by atoms with Crippen LogP contribution in [0.5, 0.6) is 0 Å². The average molecular weight is 289 g/mol. The molecule has 1 saturated carbocycles. The molecule has 0 spiro atoms. The highest BCUT2D eigenvalue weighted by molar-refractivity contribution is 5.89.